The maximum atomic E-state index is 12.3. The summed E-state index contributed by atoms with van der Waals surface area (Å²) in [5.41, 5.74) is 0. The van der Waals surface area contributed by atoms with Crippen LogP contribution >= 0.6 is 23.2 Å². The van der Waals surface area contributed by atoms with Gasteiger partial charge in [0.05, 0.1) is 14.9 Å². The zero-order valence-corrected chi connectivity index (χ0v) is 19.3. The van der Waals surface area contributed by atoms with Gasteiger partial charge >= 0.3 is 11.8 Å². The van der Waals surface area contributed by atoms with Crippen molar-refractivity contribution in [1.82, 2.24) is 20.8 Å². The second-order valence-electron chi connectivity index (χ2n) is 6.56. The first-order chi connectivity index (χ1) is 15.7. The van der Waals surface area contributed by atoms with Gasteiger partial charge in [-0.25, -0.2) is 8.42 Å². The smallest absolute Gasteiger partial charge is 0.315 e. The average Bonchev–Trinajstić information content (AvgIpc) is 3.26. The normalized spacial score (nSPS) is 11.1. The molecule has 0 aliphatic rings. The summed E-state index contributed by atoms with van der Waals surface area (Å²) in [4.78, 5) is 27.8. The molecular formula is C20H18Cl2N4O6S. The van der Waals surface area contributed by atoms with Crippen molar-refractivity contribution in [2.45, 2.75) is 10.6 Å². The quantitative estimate of drug-likeness (QED) is 0.394. The number of sulfone groups is 1. The number of carbonyl (C=O) groups excluding carboxylic acids is 2. The minimum Gasteiger partial charge on any atom is -0.484 e. The van der Waals surface area contributed by atoms with Gasteiger partial charge in [-0.15, -0.1) is 0 Å². The van der Waals surface area contributed by atoms with Gasteiger partial charge in [0.25, 0.3) is 5.91 Å². The Kier molecular flexibility index (Phi) is 8.26. The fraction of sp³-hybridized carbons (Fsp3) is 0.200. The summed E-state index contributed by atoms with van der Waals surface area (Å²) < 4.78 is 34.8. The van der Waals surface area contributed by atoms with Gasteiger partial charge in [0, 0.05) is 19.2 Å². The predicted octanol–water partition coefficient (Wildman–Crippen LogP) is 2.28. The van der Waals surface area contributed by atoms with Gasteiger partial charge in [-0.3, -0.25) is 9.59 Å². The zero-order chi connectivity index (χ0) is 23.8. The minimum absolute atomic E-state index is 0.0668. The lowest BCUT2D eigenvalue weighted by molar-refractivity contribution is -0.123. The van der Waals surface area contributed by atoms with Crippen molar-refractivity contribution in [3.8, 4) is 5.75 Å². The van der Waals surface area contributed by atoms with Crippen molar-refractivity contribution in [2.24, 2.45) is 0 Å². The van der Waals surface area contributed by atoms with Gasteiger partial charge in [-0.2, -0.15) is 4.98 Å². The molecule has 3 aromatic rings. The van der Waals surface area contributed by atoms with E-state index in [0.29, 0.717) is 15.8 Å². The average molecular weight is 513 g/mol. The number of amides is 2. The van der Waals surface area contributed by atoms with E-state index in [9.17, 15) is 18.0 Å². The number of hydrogen-bond acceptors (Lipinski definition) is 8. The fourth-order valence-electron chi connectivity index (χ4n) is 2.51. The van der Waals surface area contributed by atoms with E-state index in [1.807, 2.05) is 0 Å². The summed E-state index contributed by atoms with van der Waals surface area (Å²) in [5, 5.41) is 9.25. The Labute approximate surface area is 199 Å². The van der Waals surface area contributed by atoms with Crippen LogP contribution in [-0.2, 0) is 20.4 Å². The number of ether oxygens (including phenoxy) is 1. The molecule has 1 aromatic heterocycles. The largest absolute Gasteiger partial charge is 0.484 e. The number of aromatic nitrogens is 2. The second kappa shape index (κ2) is 11.1. The van der Waals surface area contributed by atoms with Crippen molar-refractivity contribution < 1.29 is 27.3 Å². The standard InChI is InChI=1S/C20H18Cl2N4O6S/c21-15-7-6-13(10-16(15)22)31-11-18(27)23-8-9-24-19(28)20-25-17(26-32-20)12-33(29,30)14-4-2-1-3-5-14/h1-7,10H,8-9,11-12H2,(H,23,27)(H,24,28). The summed E-state index contributed by atoms with van der Waals surface area (Å²) in [5.74, 6) is -1.77. The highest BCUT2D eigenvalue weighted by atomic mass is 35.5. The molecule has 2 aromatic carbocycles. The van der Waals surface area contributed by atoms with Crippen molar-refractivity contribution in [3.63, 3.8) is 0 Å². The summed E-state index contributed by atoms with van der Waals surface area (Å²) in [6.45, 7) is -0.0785. The van der Waals surface area contributed by atoms with E-state index in [1.165, 1.54) is 18.2 Å². The lowest BCUT2D eigenvalue weighted by Gasteiger charge is -2.08. The van der Waals surface area contributed by atoms with Gasteiger partial charge in [0.15, 0.2) is 22.3 Å². The molecule has 2 amide bonds. The van der Waals surface area contributed by atoms with Crippen LogP contribution in [0.3, 0.4) is 0 Å². The summed E-state index contributed by atoms with van der Waals surface area (Å²) >= 11 is 11.7. The molecule has 0 saturated heterocycles. The molecule has 33 heavy (non-hydrogen) atoms. The Balaban J connectivity index is 1.40. The number of rotatable bonds is 10. The van der Waals surface area contributed by atoms with E-state index >= 15 is 0 Å². The summed E-state index contributed by atoms with van der Waals surface area (Å²) in [6, 6.07) is 12.4. The molecule has 0 atom stereocenters. The van der Waals surface area contributed by atoms with Crippen LogP contribution in [0, 0.1) is 0 Å². The van der Waals surface area contributed by atoms with E-state index < -0.39 is 27.4 Å². The van der Waals surface area contributed by atoms with E-state index in [4.69, 9.17) is 32.5 Å². The molecule has 3 rings (SSSR count). The first-order valence-electron chi connectivity index (χ1n) is 9.48. The lowest BCUT2D eigenvalue weighted by atomic mass is 10.3. The molecule has 0 bridgehead atoms. The van der Waals surface area contributed by atoms with Gasteiger partial charge in [0.2, 0.25) is 0 Å². The van der Waals surface area contributed by atoms with E-state index in [-0.39, 0.29) is 36.3 Å². The number of nitrogens with one attached hydrogen (secondary N) is 2. The number of halogens is 2. The second-order valence-corrected chi connectivity index (χ2v) is 9.36. The van der Waals surface area contributed by atoms with Crippen LogP contribution in [0.1, 0.15) is 16.5 Å². The predicted molar refractivity (Wildman–Crippen MR) is 119 cm³/mol. The molecule has 0 radical (unpaired) electrons. The van der Waals surface area contributed by atoms with Gasteiger partial charge < -0.3 is 19.9 Å². The molecule has 0 saturated carbocycles. The van der Waals surface area contributed by atoms with Crippen LogP contribution in [0.25, 0.3) is 0 Å². The van der Waals surface area contributed by atoms with Crippen LogP contribution in [0.2, 0.25) is 10.0 Å². The highest BCUT2D eigenvalue weighted by Gasteiger charge is 2.21. The lowest BCUT2D eigenvalue weighted by Crippen LogP contribution is -2.36. The third kappa shape index (κ3) is 7.17. The van der Waals surface area contributed by atoms with Crippen LogP contribution in [0.4, 0.5) is 0 Å². The van der Waals surface area contributed by atoms with E-state index in [1.54, 1.807) is 30.3 Å². The molecular weight excluding hydrogens is 495 g/mol. The van der Waals surface area contributed by atoms with Gasteiger partial charge in [-0.05, 0) is 24.3 Å². The maximum absolute atomic E-state index is 12.3. The molecule has 10 nitrogen and oxygen atoms in total. The first kappa shape index (κ1) is 24.5. The Bertz CT molecular complexity index is 1230. The minimum atomic E-state index is -3.68. The number of hydrogen-bond donors (Lipinski definition) is 2. The molecule has 2 N–H and O–H groups in total. The van der Waals surface area contributed by atoms with Gasteiger partial charge in [-0.1, -0.05) is 46.6 Å². The van der Waals surface area contributed by atoms with Crippen LogP contribution < -0.4 is 15.4 Å². The SMILES string of the molecule is O=C(COc1ccc(Cl)c(Cl)c1)NCCNC(=O)c1nc(CS(=O)(=O)c2ccccc2)no1. The summed E-state index contributed by atoms with van der Waals surface area (Å²) in [7, 11) is -3.68. The maximum Gasteiger partial charge on any atom is 0.315 e. The van der Waals surface area contributed by atoms with Crippen molar-refractivity contribution in [2.75, 3.05) is 19.7 Å². The third-order valence-electron chi connectivity index (χ3n) is 4.08. The highest BCUT2D eigenvalue weighted by molar-refractivity contribution is 7.90. The number of carbonyl (C=O) groups is 2. The Morgan fingerprint density at radius 2 is 1.73 bits per heavy atom. The first-order valence-corrected chi connectivity index (χ1v) is 11.9. The van der Waals surface area contributed by atoms with Gasteiger partial charge in [0.1, 0.15) is 11.5 Å². The Morgan fingerprint density at radius 1 is 1.00 bits per heavy atom. The Hall–Kier alpha value is -3.15. The van der Waals surface area contributed by atoms with Crippen LogP contribution in [-0.4, -0.2) is 50.1 Å². The molecule has 1 heterocycles. The molecule has 0 unspecified atom stereocenters. The molecule has 13 heteroatoms. The van der Waals surface area contributed by atoms with Crippen molar-refractivity contribution >= 4 is 44.9 Å². The topological polar surface area (TPSA) is 140 Å². The molecule has 0 fully saturated rings. The monoisotopic (exact) mass is 512 g/mol. The number of nitrogens with zero attached hydrogens (tertiary/aromatic N) is 2. The van der Waals surface area contributed by atoms with E-state index in [2.05, 4.69) is 20.8 Å². The molecule has 0 spiro atoms. The summed E-state index contributed by atoms with van der Waals surface area (Å²) in [6.07, 6.45) is 0. The number of benzene rings is 2. The van der Waals surface area contributed by atoms with Crippen molar-refractivity contribution in [3.05, 3.63) is 70.3 Å². The fourth-order valence-corrected chi connectivity index (χ4v) is 3.99. The third-order valence-corrected chi connectivity index (χ3v) is 6.45. The van der Waals surface area contributed by atoms with Crippen LogP contribution in [0.5, 0.6) is 5.75 Å². The molecule has 174 valence electrons. The molecule has 0 aliphatic heterocycles. The van der Waals surface area contributed by atoms with Crippen molar-refractivity contribution in [1.29, 1.82) is 0 Å². The molecule has 0 aliphatic carbocycles. The Morgan fingerprint density at radius 3 is 2.45 bits per heavy atom. The zero-order valence-electron chi connectivity index (χ0n) is 17.0. The van der Waals surface area contributed by atoms with E-state index in [0.717, 1.165) is 0 Å². The van der Waals surface area contributed by atoms with Crippen LogP contribution in [0.15, 0.2) is 57.9 Å². The highest BCUT2D eigenvalue weighted by Crippen LogP contribution is 2.26.